The van der Waals surface area contributed by atoms with Crippen molar-refractivity contribution in [2.24, 2.45) is 5.41 Å². The third-order valence-corrected chi connectivity index (χ3v) is 8.22. The minimum Gasteiger partial charge on any atom is -0.379 e. The fourth-order valence-electron chi connectivity index (χ4n) is 5.57. The first kappa shape index (κ1) is 20.6. The van der Waals surface area contributed by atoms with E-state index >= 15 is 0 Å². The number of hydrogen-bond donors (Lipinski definition) is 1. The Labute approximate surface area is 193 Å². The molecule has 7 nitrogen and oxygen atoms in total. The van der Waals surface area contributed by atoms with E-state index in [0.29, 0.717) is 0 Å². The minimum absolute atomic E-state index is 0.271. The van der Waals surface area contributed by atoms with Crippen LogP contribution < -0.4 is 10.2 Å². The van der Waals surface area contributed by atoms with E-state index in [9.17, 15) is 0 Å². The number of nitrogens with one attached hydrogen (secondary N) is 1. The summed E-state index contributed by atoms with van der Waals surface area (Å²) in [6, 6.07) is 0. The van der Waals surface area contributed by atoms with Gasteiger partial charge in [-0.15, -0.1) is 11.3 Å². The van der Waals surface area contributed by atoms with E-state index in [4.69, 9.17) is 14.7 Å². The van der Waals surface area contributed by atoms with Gasteiger partial charge < -0.3 is 15.0 Å². The SMILES string of the molecule is CC1(C)Cc2c(N3CCCC3)nc3sc4c(NCCN5CCOCC5)ncnc4c3c2C1. The number of aromatic nitrogens is 3. The highest BCUT2D eigenvalue weighted by molar-refractivity contribution is 7.26. The van der Waals surface area contributed by atoms with Crippen LogP contribution in [0.4, 0.5) is 11.6 Å². The lowest BCUT2D eigenvalue weighted by atomic mass is 9.90. The van der Waals surface area contributed by atoms with Crippen molar-refractivity contribution in [2.45, 2.75) is 39.5 Å². The van der Waals surface area contributed by atoms with Crippen LogP contribution in [0, 0.1) is 5.41 Å². The molecule has 32 heavy (non-hydrogen) atoms. The van der Waals surface area contributed by atoms with Gasteiger partial charge >= 0.3 is 0 Å². The molecule has 0 amide bonds. The number of nitrogens with zero attached hydrogens (tertiary/aromatic N) is 5. The summed E-state index contributed by atoms with van der Waals surface area (Å²) in [5, 5.41) is 4.86. The van der Waals surface area contributed by atoms with Crippen LogP contribution in [0.5, 0.6) is 0 Å². The van der Waals surface area contributed by atoms with E-state index in [-0.39, 0.29) is 5.41 Å². The zero-order chi connectivity index (χ0) is 21.7. The summed E-state index contributed by atoms with van der Waals surface area (Å²) in [5.41, 5.74) is 4.28. The van der Waals surface area contributed by atoms with Gasteiger partial charge in [-0.25, -0.2) is 15.0 Å². The molecule has 0 bridgehead atoms. The lowest BCUT2D eigenvalue weighted by Gasteiger charge is -2.26. The number of hydrogen-bond acceptors (Lipinski definition) is 8. The second-order valence-corrected chi connectivity index (χ2v) is 11.2. The number of fused-ring (bicyclic) bond motifs is 5. The average Bonchev–Trinajstić information content (AvgIpc) is 3.50. The Morgan fingerprint density at radius 2 is 1.84 bits per heavy atom. The summed E-state index contributed by atoms with van der Waals surface area (Å²) in [4.78, 5) is 20.7. The van der Waals surface area contributed by atoms with Crippen LogP contribution in [-0.2, 0) is 17.6 Å². The Kier molecular flexibility index (Phi) is 5.19. The Morgan fingerprint density at radius 1 is 1.06 bits per heavy atom. The fraction of sp³-hybridized carbons (Fsp3) is 0.625. The first-order valence-electron chi connectivity index (χ1n) is 12.0. The molecule has 3 aliphatic rings. The van der Waals surface area contributed by atoms with E-state index < -0.39 is 0 Å². The molecule has 3 aromatic heterocycles. The summed E-state index contributed by atoms with van der Waals surface area (Å²) in [6.07, 6.45) is 6.45. The number of thiophene rings is 1. The maximum absolute atomic E-state index is 5.46. The third-order valence-electron chi connectivity index (χ3n) is 7.14. The standard InChI is InChI=1S/C24H32N6OS/c1-24(2)13-16-17(14-24)22(30-6-3-4-7-30)28-23-18(16)19-20(32-23)21(27-15-26-19)25-5-8-29-9-11-31-12-10-29/h15H,3-14H2,1-2H3,(H,25,26,27). The first-order valence-corrected chi connectivity index (χ1v) is 12.8. The second-order valence-electron chi connectivity index (χ2n) is 10.2. The van der Waals surface area contributed by atoms with Crippen molar-refractivity contribution < 1.29 is 4.74 Å². The highest BCUT2D eigenvalue weighted by Crippen LogP contribution is 2.48. The normalized spacial score (nSPS) is 21.0. The van der Waals surface area contributed by atoms with Gasteiger partial charge in [-0.05, 0) is 42.2 Å². The molecular formula is C24H32N6OS. The molecule has 1 aliphatic carbocycles. The van der Waals surface area contributed by atoms with Gasteiger partial charge in [0.05, 0.1) is 23.4 Å². The van der Waals surface area contributed by atoms with Gasteiger partial charge in [0.25, 0.3) is 0 Å². The topological polar surface area (TPSA) is 66.4 Å². The summed E-state index contributed by atoms with van der Waals surface area (Å²) < 4.78 is 6.60. The van der Waals surface area contributed by atoms with Crippen LogP contribution in [0.1, 0.15) is 37.8 Å². The molecule has 0 atom stereocenters. The van der Waals surface area contributed by atoms with Gasteiger partial charge in [-0.3, -0.25) is 4.90 Å². The maximum Gasteiger partial charge on any atom is 0.147 e. The first-order chi connectivity index (χ1) is 15.6. The number of pyridine rings is 1. The van der Waals surface area contributed by atoms with Crippen molar-refractivity contribution in [2.75, 3.05) is 62.7 Å². The molecule has 8 heteroatoms. The molecule has 2 saturated heterocycles. The Hall–Kier alpha value is -2.03. The number of ether oxygens (including phenoxy) is 1. The maximum atomic E-state index is 5.46. The predicted octanol–water partition coefficient (Wildman–Crippen LogP) is 3.71. The lowest BCUT2D eigenvalue weighted by Crippen LogP contribution is -2.39. The molecule has 6 rings (SSSR count). The van der Waals surface area contributed by atoms with Crippen LogP contribution in [0.25, 0.3) is 20.4 Å². The number of anilines is 2. The summed E-state index contributed by atoms with van der Waals surface area (Å²) in [6.45, 7) is 12.6. The van der Waals surface area contributed by atoms with Crippen molar-refractivity contribution in [1.29, 1.82) is 0 Å². The van der Waals surface area contributed by atoms with E-state index in [1.54, 1.807) is 17.7 Å². The zero-order valence-electron chi connectivity index (χ0n) is 19.1. The predicted molar refractivity (Wildman–Crippen MR) is 131 cm³/mol. The third kappa shape index (κ3) is 3.62. The van der Waals surface area contributed by atoms with E-state index in [1.807, 2.05) is 0 Å². The number of rotatable bonds is 5. The molecule has 2 aliphatic heterocycles. The minimum atomic E-state index is 0.271. The second kappa shape index (κ2) is 8.08. The molecule has 3 aromatic rings. The van der Waals surface area contributed by atoms with Gasteiger partial charge in [0.1, 0.15) is 22.8 Å². The van der Waals surface area contributed by atoms with E-state index in [2.05, 4.69) is 33.9 Å². The van der Waals surface area contributed by atoms with E-state index in [0.717, 1.165) is 86.2 Å². The molecule has 2 fully saturated rings. The quantitative estimate of drug-likeness (QED) is 0.633. The van der Waals surface area contributed by atoms with Crippen LogP contribution >= 0.6 is 11.3 Å². The van der Waals surface area contributed by atoms with Gasteiger partial charge in [-0.2, -0.15) is 0 Å². The Morgan fingerprint density at radius 3 is 2.66 bits per heavy atom. The van der Waals surface area contributed by atoms with Gasteiger partial charge in [0.2, 0.25) is 0 Å². The lowest BCUT2D eigenvalue weighted by molar-refractivity contribution is 0.0398. The van der Waals surface area contributed by atoms with Crippen LogP contribution in [-0.4, -0.2) is 72.3 Å². The molecule has 0 radical (unpaired) electrons. The number of morpholine rings is 1. The van der Waals surface area contributed by atoms with Crippen molar-refractivity contribution in [3.05, 3.63) is 17.5 Å². The highest BCUT2D eigenvalue weighted by atomic mass is 32.1. The van der Waals surface area contributed by atoms with Gasteiger partial charge in [0, 0.05) is 44.7 Å². The van der Waals surface area contributed by atoms with Crippen molar-refractivity contribution in [3.8, 4) is 0 Å². The molecular weight excluding hydrogens is 420 g/mol. The highest BCUT2D eigenvalue weighted by Gasteiger charge is 2.35. The molecule has 0 unspecified atom stereocenters. The summed E-state index contributed by atoms with van der Waals surface area (Å²) in [5.74, 6) is 2.18. The summed E-state index contributed by atoms with van der Waals surface area (Å²) >= 11 is 1.75. The van der Waals surface area contributed by atoms with Crippen LogP contribution in [0.15, 0.2) is 6.33 Å². The molecule has 0 aromatic carbocycles. The average molecular weight is 453 g/mol. The summed E-state index contributed by atoms with van der Waals surface area (Å²) in [7, 11) is 0. The van der Waals surface area contributed by atoms with E-state index in [1.165, 1.54) is 35.2 Å². The van der Waals surface area contributed by atoms with Gasteiger partial charge in [-0.1, -0.05) is 13.8 Å². The monoisotopic (exact) mass is 452 g/mol. The molecule has 1 N–H and O–H groups in total. The van der Waals surface area contributed by atoms with Crippen molar-refractivity contribution in [1.82, 2.24) is 19.9 Å². The van der Waals surface area contributed by atoms with Crippen molar-refractivity contribution >= 4 is 43.4 Å². The molecule has 170 valence electrons. The molecule has 0 saturated carbocycles. The van der Waals surface area contributed by atoms with Crippen LogP contribution in [0.2, 0.25) is 0 Å². The molecule has 5 heterocycles. The van der Waals surface area contributed by atoms with Crippen LogP contribution in [0.3, 0.4) is 0 Å². The van der Waals surface area contributed by atoms with Crippen molar-refractivity contribution in [3.63, 3.8) is 0 Å². The zero-order valence-corrected chi connectivity index (χ0v) is 19.9. The van der Waals surface area contributed by atoms with Gasteiger partial charge in [0.15, 0.2) is 0 Å². The smallest absolute Gasteiger partial charge is 0.147 e. The molecule has 0 spiro atoms. The Balaban J connectivity index is 1.38. The largest absolute Gasteiger partial charge is 0.379 e. The fourth-order valence-corrected chi connectivity index (χ4v) is 6.69. The Bertz CT molecular complexity index is 1150.